The monoisotopic (exact) mass is 210 g/mol. The molecule has 0 spiro atoms. The van der Waals surface area contributed by atoms with Crippen molar-refractivity contribution in [3.8, 4) is 0 Å². The van der Waals surface area contributed by atoms with Gasteiger partial charge in [-0.05, 0) is 37.0 Å². The molecule has 75 valence electrons. The Morgan fingerprint density at radius 3 is 2.36 bits per heavy atom. The molecule has 0 fully saturated rings. The minimum Gasteiger partial charge on any atom is -0.370 e. The molecule has 3 heteroatoms. The van der Waals surface area contributed by atoms with Gasteiger partial charge in [0.2, 0.25) is 5.91 Å². The van der Waals surface area contributed by atoms with E-state index in [1.54, 1.807) is 6.42 Å². The zero-order valence-corrected chi connectivity index (χ0v) is 9.06. The fraction of sp³-hybridized carbons (Fsp3) is 0.273. The normalized spacial score (nSPS) is 10.2. The fourth-order valence-electron chi connectivity index (χ4n) is 1.32. The summed E-state index contributed by atoms with van der Waals surface area (Å²) in [6.45, 7) is 3.88. The third-order valence-electron chi connectivity index (χ3n) is 2.00. The van der Waals surface area contributed by atoms with E-state index in [2.05, 4.69) is 0 Å². The van der Waals surface area contributed by atoms with Crippen LogP contribution in [-0.2, 0) is 4.79 Å². The van der Waals surface area contributed by atoms with E-state index in [1.165, 1.54) is 0 Å². The molecule has 0 aliphatic carbocycles. The summed E-state index contributed by atoms with van der Waals surface area (Å²) in [4.78, 5) is 10.6. The Bertz CT molecular complexity index is 337. The van der Waals surface area contributed by atoms with Crippen molar-refractivity contribution in [2.45, 2.75) is 20.3 Å². The molecule has 0 saturated carbocycles. The van der Waals surface area contributed by atoms with Crippen LogP contribution in [0.2, 0.25) is 5.02 Å². The molecule has 0 aromatic heterocycles. The first kappa shape index (κ1) is 11.1. The molecular weight excluding hydrogens is 198 g/mol. The highest BCUT2D eigenvalue weighted by Crippen LogP contribution is 2.22. The van der Waals surface area contributed by atoms with Gasteiger partial charge in [0.05, 0.1) is 0 Å². The van der Waals surface area contributed by atoms with Crippen LogP contribution in [-0.4, -0.2) is 5.91 Å². The number of benzene rings is 1. The lowest BCUT2D eigenvalue weighted by Gasteiger charge is -2.06. The predicted octanol–water partition coefficient (Wildman–Crippen LogP) is 2.38. The summed E-state index contributed by atoms with van der Waals surface area (Å²) >= 11 is 6.01. The second-order valence-electron chi connectivity index (χ2n) is 3.34. The van der Waals surface area contributed by atoms with E-state index in [4.69, 9.17) is 17.3 Å². The van der Waals surface area contributed by atoms with E-state index in [1.807, 2.05) is 26.0 Å². The SMILES string of the molecule is Cc1cc([CH]CC(N)=O)cc(C)c1Cl. The van der Waals surface area contributed by atoms with Crippen molar-refractivity contribution in [2.75, 3.05) is 0 Å². The highest BCUT2D eigenvalue weighted by atomic mass is 35.5. The summed E-state index contributed by atoms with van der Waals surface area (Å²) in [6, 6.07) is 3.89. The second kappa shape index (κ2) is 4.47. The van der Waals surface area contributed by atoms with Crippen LogP contribution in [0.4, 0.5) is 0 Å². The number of amides is 1. The first-order valence-corrected chi connectivity index (χ1v) is 4.76. The molecule has 1 aromatic rings. The quantitative estimate of drug-likeness (QED) is 0.818. The number of hydrogen-bond acceptors (Lipinski definition) is 1. The van der Waals surface area contributed by atoms with E-state index >= 15 is 0 Å². The van der Waals surface area contributed by atoms with Gasteiger partial charge >= 0.3 is 0 Å². The lowest BCUT2D eigenvalue weighted by Crippen LogP contribution is -2.10. The van der Waals surface area contributed by atoms with Crippen LogP contribution < -0.4 is 5.73 Å². The van der Waals surface area contributed by atoms with Crippen LogP contribution in [0.3, 0.4) is 0 Å². The number of primary amides is 1. The van der Waals surface area contributed by atoms with Crippen molar-refractivity contribution >= 4 is 17.5 Å². The molecule has 0 atom stereocenters. The Balaban J connectivity index is 2.84. The van der Waals surface area contributed by atoms with E-state index in [-0.39, 0.29) is 12.3 Å². The summed E-state index contributed by atoms with van der Waals surface area (Å²) in [6.07, 6.45) is 2.07. The average molecular weight is 211 g/mol. The Morgan fingerprint density at radius 1 is 1.43 bits per heavy atom. The molecule has 14 heavy (non-hydrogen) atoms. The number of rotatable bonds is 3. The molecule has 2 N–H and O–H groups in total. The fourth-order valence-corrected chi connectivity index (χ4v) is 1.42. The van der Waals surface area contributed by atoms with E-state index in [9.17, 15) is 4.79 Å². The van der Waals surface area contributed by atoms with Gasteiger partial charge in [-0.1, -0.05) is 23.7 Å². The molecule has 1 amide bonds. The maximum absolute atomic E-state index is 10.6. The lowest BCUT2D eigenvalue weighted by molar-refractivity contribution is -0.117. The van der Waals surface area contributed by atoms with Crippen molar-refractivity contribution in [1.82, 2.24) is 0 Å². The van der Waals surface area contributed by atoms with Gasteiger partial charge in [-0.25, -0.2) is 0 Å². The Kier molecular flexibility index (Phi) is 3.53. The van der Waals surface area contributed by atoms with Gasteiger partial charge in [0.25, 0.3) is 0 Å². The van der Waals surface area contributed by atoms with Gasteiger partial charge < -0.3 is 5.73 Å². The highest BCUT2D eigenvalue weighted by Gasteiger charge is 2.04. The zero-order valence-electron chi connectivity index (χ0n) is 8.30. The smallest absolute Gasteiger partial charge is 0.218 e. The molecule has 0 aliphatic rings. The van der Waals surface area contributed by atoms with Gasteiger partial charge in [0.1, 0.15) is 0 Å². The number of carbonyl (C=O) groups is 1. The number of carbonyl (C=O) groups excluding carboxylic acids is 1. The van der Waals surface area contributed by atoms with Crippen molar-refractivity contribution < 1.29 is 4.79 Å². The van der Waals surface area contributed by atoms with Crippen LogP contribution in [0.1, 0.15) is 23.1 Å². The molecule has 1 radical (unpaired) electrons. The molecule has 0 aliphatic heterocycles. The number of aryl methyl sites for hydroxylation is 2. The van der Waals surface area contributed by atoms with Crippen LogP contribution in [0.25, 0.3) is 0 Å². The van der Waals surface area contributed by atoms with Crippen LogP contribution in [0, 0.1) is 20.3 Å². The maximum atomic E-state index is 10.6. The summed E-state index contributed by atoms with van der Waals surface area (Å²) in [7, 11) is 0. The molecule has 0 saturated heterocycles. The highest BCUT2D eigenvalue weighted by molar-refractivity contribution is 6.32. The minimum atomic E-state index is -0.324. The van der Waals surface area contributed by atoms with Crippen LogP contribution >= 0.6 is 11.6 Å². The largest absolute Gasteiger partial charge is 0.370 e. The molecule has 2 nitrogen and oxygen atoms in total. The summed E-state index contributed by atoms with van der Waals surface area (Å²) < 4.78 is 0. The number of halogens is 1. The summed E-state index contributed by atoms with van der Waals surface area (Å²) in [5.41, 5.74) is 8.07. The zero-order chi connectivity index (χ0) is 10.7. The minimum absolute atomic E-state index is 0.264. The molecule has 0 heterocycles. The average Bonchev–Trinajstić information content (AvgIpc) is 2.10. The van der Waals surface area contributed by atoms with Crippen molar-refractivity contribution in [3.05, 3.63) is 40.3 Å². The van der Waals surface area contributed by atoms with Gasteiger partial charge in [-0.15, -0.1) is 0 Å². The molecule has 0 bridgehead atoms. The summed E-state index contributed by atoms with van der Waals surface area (Å²) in [5, 5.41) is 0.779. The molecule has 0 unspecified atom stereocenters. The van der Waals surface area contributed by atoms with E-state index in [0.717, 1.165) is 21.7 Å². The first-order chi connectivity index (χ1) is 6.50. The van der Waals surface area contributed by atoms with E-state index < -0.39 is 0 Å². The second-order valence-corrected chi connectivity index (χ2v) is 3.72. The van der Waals surface area contributed by atoms with Gasteiger partial charge in [0.15, 0.2) is 0 Å². The standard InChI is InChI=1S/C11H13ClNO/c1-7-5-9(3-4-10(13)14)6-8(2)11(7)12/h3,5-6H,4H2,1-2H3,(H2,13,14). The van der Waals surface area contributed by atoms with Gasteiger partial charge in [0, 0.05) is 11.4 Å². The molecule has 1 aromatic carbocycles. The number of hydrogen-bond donors (Lipinski definition) is 1. The lowest BCUT2D eigenvalue weighted by atomic mass is 10.0. The Labute approximate surface area is 89.1 Å². The topological polar surface area (TPSA) is 43.1 Å². The molecule has 1 rings (SSSR count). The van der Waals surface area contributed by atoms with Crippen LogP contribution in [0.5, 0.6) is 0 Å². The van der Waals surface area contributed by atoms with E-state index in [0.29, 0.717) is 0 Å². The van der Waals surface area contributed by atoms with Crippen molar-refractivity contribution in [3.63, 3.8) is 0 Å². The predicted molar refractivity (Wildman–Crippen MR) is 58.1 cm³/mol. The summed E-state index contributed by atoms with van der Waals surface area (Å²) in [5.74, 6) is -0.324. The van der Waals surface area contributed by atoms with Crippen molar-refractivity contribution in [2.24, 2.45) is 5.73 Å². The van der Waals surface area contributed by atoms with Crippen molar-refractivity contribution in [1.29, 1.82) is 0 Å². The maximum Gasteiger partial charge on any atom is 0.218 e. The van der Waals surface area contributed by atoms with Gasteiger partial charge in [-0.3, -0.25) is 4.79 Å². The Morgan fingerprint density at radius 2 is 1.93 bits per heavy atom. The molecular formula is C11H13ClNO. The Hall–Kier alpha value is -1.02. The third kappa shape index (κ3) is 2.74. The number of nitrogens with two attached hydrogens (primary N) is 1. The van der Waals surface area contributed by atoms with Crippen LogP contribution in [0.15, 0.2) is 12.1 Å². The van der Waals surface area contributed by atoms with Gasteiger partial charge in [-0.2, -0.15) is 0 Å². The third-order valence-corrected chi connectivity index (χ3v) is 2.59. The first-order valence-electron chi connectivity index (χ1n) is 4.39.